The van der Waals surface area contributed by atoms with Gasteiger partial charge in [-0.05, 0) is 24.3 Å². The Hall–Kier alpha value is -3.05. The topological polar surface area (TPSA) is 103 Å². The lowest BCUT2D eigenvalue weighted by molar-refractivity contribution is -0.153. The quantitative estimate of drug-likeness (QED) is 0.300. The molecule has 0 saturated carbocycles. The smallest absolute Gasteiger partial charge is 0.248 e. The number of hydrogen-bond acceptors (Lipinski definition) is 7. The van der Waals surface area contributed by atoms with Gasteiger partial charge in [-0.25, -0.2) is 0 Å². The standard InChI is InChI=1S/C35H50N4O6/c1-5-15-37(18-17-36-19-21-44-22-20-36)34(43)31-35-14-13-28(45-35)29(30(35)33(42)39(31)27(24-40)25(4)7-3)32(41)38(16-6-2)23-26-11-9-8-10-12-26/h5-6,8-12,25,27-31,40H,1-2,7,13-24H2,3-4H3/t25-,27-,28+,29-,30-,31?,35?/m0/s1. The van der Waals surface area contributed by atoms with Gasteiger partial charge in [0, 0.05) is 45.8 Å². The minimum atomic E-state index is -1.13. The second-order valence-corrected chi connectivity index (χ2v) is 13.0. The van der Waals surface area contributed by atoms with Crippen molar-refractivity contribution in [2.24, 2.45) is 17.8 Å². The first-order valence-corrected chi connectivity index (χ1v) is 16.5. The summed E-state index contributed by atoms with van der Waals surface area (Å²) in [4.78, 5) is 51.2. The van der Waals surface area contributed by atoms with Crippen LogP contribution in [-0.2, 0) is 30.4 Å². The zero-order chi connectivity index (χ0) is 32.1. The van der Waals surface area contributed by atoms with Crippen molar-refractivity contribution in [3.8, 4) is 0 Å². The van der Waals surface area contributed by atoms with Crippen LogP contribution in [-0.4, -0.2) is 125 Å². The van der Waals surface area contributed by atoms with Gasteiger partial charge in [0.15, 0.2) is 0 Å². The molecule has 45 heavy (non-hydrogen) atoms. The highest BCUT2D eigenvalue weighted by atomic mass is 16.5. The molecule has 5 rings (SSSR count). The summed E-state index contributed by atoms with van der Waals surface area (Å²) in [5.41, 5.74) is -0.151. The van der Waals surface area contributed by atoms with Gasteiger partial charge in [-0.1, -0.05) is 62.8 Å². The van der Waals surface area contributed by atoms with Crippen molar-refractivity contribution in [1.82, 2.24) is 19.6 Å². The molecule has 1 aromatic carbocycles. The fraction of sp³-hybridized carbons (Fsp3) is 0.629. The molecule has 1 spiro atoms. The van der Waals surface area contributed by atoms with E-state index < -0.39 is 35.6 Å². The van der Waals surface area contributed by atoms with Crippen LogP contribution in [0.25, 0.3) is 0 Å². The fourth-order valence-electron chi connectivity index (χ4n) is 7.93. The molecule has 4 aliphatic rings. The van der Waals surface area contributed by atoms with E-state index in [1.165, 1.54) is 0 Å². The number of nitrogens with zero attached hydrogens (tertiary/aromatic N) is 4. The molecule has 3 amide bonds. The SMILES string of the molecule is C=CCN(CCN1CCOCC1)C(=O)C1N([C@@H](CO)[C@@H](C)CC)C(=O)[C@@H]2[C@@H](C(=O)N(CC=C)Cc3ccccc3)[C@H]3CCC12O3. The summed E-state index contributed by atoms with van der Waals surface area (Å²) < 4.78 is 12.2. The van der Waals surface area contributed by atoms with Crippen LogP contribution in [0.15, 0.2) is 55.6 Å². The van der Waals surface area contributed by atoms with E-state index in [-0.39, 0.29) is 30.2 Å². The number of morpholine rings is 1. The second-order valence-electron chi connectivity index (χ2n) is 13.0. The molecule has 1 N–H and O–H groups in total. The minimum absolute atomic E-state index is 0.0626. The van der Waals surface area contributed by atoms with Crippen LogP contribution in [0, 0.1) is 17.8 Å². The molecular formula is C35H50N4O6. The molecule has 10 nitrogen and oxygen atoms in total. The average molecular weight is 623 g/mol. The van der Waals surface area contributed by atoms with Crippen LogP contribution in [0.4, 0.5) is 0 Å². The van der Waals surface area contributed by atoms with Crippen LogP contribution < -0.4 is 0 Å². The Morgan fingerprint density at radius 3 is 2.44 bits per heavy atom. The van der Waals surface area contributed by atoms with E-state index in [2.05, 4.69) is 18.1 Å². The fourth-order valence-corrected chi connectivity index (χ4v) is 7.93. The lowest BCUT2D eigenvalue weighted by Gasteiger charge is -2.41. The van der Waals surface area contributed by atoms with Crippen molar-refractivity contribution < 1.29 is 29.0 Å². The molecule has 4 aliphatic heterocycles. The monoisotopic (exact) mass is 622 g/mol. The maximum absolute atomic E-state index is 14.7. The highest BCUT2D eigenvalue weighted by Crippen LogP contribution is 2.59. The van der Waals surface area contributed by atoms with Gasteiger partial charge in [0.25, 0.3) is 0 Å². The average Bonchev–Trinajstić information content (AvgIpc) is 3.71. The first-order valence-electron chi connectivity index (χ1n) is 16.5. The number of carbonyl (C=O) groups is 3. The van der Waals surface area contributed by atoms with Gasteiger partial charge < -0.3 is 29.3 Å². The minimum Gasteiger partial charge on any atom is -0.394 e. The molecule has 0 aromatic heterocycles. The third-order valence-corrected chi connectivity index (χ3v) is 10.4. The van der Waals surface area contributed by atoms with Gasteiger partial charge in [0.05, 0.1) is 43.8 Å². The lowest BCUT2D eigenvalue weighted by atomic mass is 9.70. The Bertz CT molecular complexity index is 1220. The number of fused-ring (bicyclic) bond motifs is 1. The second kappa shape index (κ2) is 14.6. The Morgan fingerprint density at radius 1 is 1.11 bits per heavy atom. The van der Waals surface area contributed by atoms with Gasteiger partial charge >= 0.3 is 0 Å². The molecule has 4 heterocycles. The Morgan fingerprint density at radius 2 is 1.80 bits per heavy atom. The van der Waals surface area contributed by atoms with Gasteiger partial charge in [-0.15, -0.1) is 13.2 Å². The van der Waals surface area contributed by atoms with E-state index in [9.17, 15) is 19.5 Å². The molecule has 10 heteroatoms. The van der Waals surface area contributed by atoms with Crippen molar-refractivity contribution in [3.63, 3.8) is 0 Å². The first kappa shape index (κ1) is 33.3. The number of benzene rings is 1. The number of rotatable bonds is 15. The summed E-state index contributed by atoms with van der Waals surface area (Å²) in [7, 11) is 0. The Balaban J connectivity index is 1.49. The number of carbonyl (C=O) groups excluding carboxylic acids is 3. The van der Waals surface area contributed by atoms with Gasteiger partial charge in [-0.2, -0.15) is 0 Å². The summed E-state index contributed by atoms with van der Waals surface area (Å²) in [5.74, 6) is -2.21. The van der Waals surface area contributed by atoms with E-state index in [0.717, 1.165) is 25.1 Å². The van der Waals surface area contributed by atoms with Crippen molar-refractivity contribution in [2.75, 3.05) is 59.1 Å². The highest BCUT2D eigenvalue weighted by molar-refractivity contribution is 5.99. The van der Waals surface area contributed by atoms with E-state index in [1.54, 1.807) is 26.9 Å². The molecule has 4 fully saturated rings. The predicted octanol–water partition coefficient (Wildman–Crippen LogP) is 2.33. The normalized spacial score (nSPS) is 28.9. The Kier molecular flexibility index (Phi) is 10.8. The highest BCUT2D eigenvalue weighted by Gasteiger charge is 2.75. The zero-order valence-electron chi connectivity index (χ0n) is 26.9. The lowest BCUT2D eigenvalue weighted by Crippen LogP contribution is -2.60. The largest absolute Gasteiger partial charge is 0.394 e. The summed E-state index contributed by atoms with van der Waals surface area (Å²) in [6, 6.07) is 8.25. The number of amides is 3. The number of likely N-dealkylation sites (tertiary alicyclic amines) is 1. The number of hydrogen-bond donors (Lipinski definition) is 1. The van der Waals surface area contributed by atoms with Crippen molar-refractivity contribution >= 4 is 17.7 Å². The van der Waals surface area contributed by atoms with E-state index in [0.29, 0.717) is 58.8 Å². The third-order valence-electron chi connectivity index (χ3n) is 10.4. The zero-order valence-corrected chi connectivity index (χ0v) is 26.9. The van der Waals surface area contributed by atoms with E-state index in [4.69, 9.17) is 9.47 Å². The molecule has 1 aromatic rings. The summed E-state index contributed by atoms with van der Waals surface area (Å²) >= 11 is 0. The van der Waals surface area contributed by atoms with E-state index in [1.807, 2.05) is 44.2 Å². The third kappa shape index (κ3) is 6.35. The molecule has 246 valence electrons. The molecule has 4 saturated heterocycles. The maximum atomic E-state index is 14.7. The maximum Gasteiger partial charge on any atom is 0.248 e. The van der Waals surface area contributed by atoms with E-state index >= 15 is 0 Å². The summed E-state index contributed by atoms with van der Waals surface area (Å²) in [6.45, 7) is 16.6. The number of ether oxygens (including phenoxy) is 2. The molecule has 7 atom stereocenters. The van der Waals surface area contributed by atoms with Crippen molar-refractivity contribution in [1.29, 1.82) is 0 Å². The predicted molar refractivity (Wildman–Crippen MR) is 171 cm³/mol. The molecule has 0 aliphatic carbocycles. The van der Waals surface area contributed by atoms with Gasteiger partial charge in [-0.3, -0.25) is 19.3 Å². The summed E-state index contributed by atoms with van der Waals surface area (Å²) in [5, 5.41) is 10.7. The van der Waals surface area contributed by atoms with Crippen LogP contribution in [0.1, 0.15) is 38.7 Å². The first-order chi connectivity index (χ1) is 21.8. The van der Waals surface area contributed by atoms with Crippen molar-refractivity contribution in [2.45, 2.75) is 63.4 Å². The molecule has 2 unspecified atom stereocenters. The Labute approximate surface area is 267 Å². The summed E-state index contributed by atoms with van der Waals surface area (Å²) in [6.07, 6.45) is 4.78. The van der Waals surface area contributed by atoms with Crippen LogP contribution in [0.5, 0.6) is 0 Å². The number of aliphatic hydroxyl groups excluding tert-OH is 1. The van der Waals surface area contributed by atoms with Gasteiger partial charge in [0.2, 0.25) is 17.7 Å². The number of aliphatic hydroxyl groups is 1. The van der Waals surface area contributed by atoms with Crippen LogP contribution >= 0.6 is 0 Å². The van der Waals surface area contributed by atoms with Crippen molar-refractivity contribution in [3.05, 3.63) is 61.2 Å². The molecule has 2 bridgehead atoms. The van der Waals surface area contributed by atoms with Crippen LogP contribution in [0.2, 0.25) is 0 Å². The molecular weight excluding hydrogens is 572 g/mol. The van der Waals surface area contributed by atoms with Gasteiger partial charge in [0.1, 0.15) is 11.6 Å². The molecule has 0 radical (unpaired) electrons. The van der Waals surface area contributed by atoms with Crippen LogP contribution in [0.3, 0.4) is 0 Å².